The van der Waals surface area contributed by atoms with Gasteiger partial charge in [-0.3, -0.25) is 0 Å². The van der Waals surface area contributed by atoms with Crippen LogP contribution in [0, 0.1) is 11.8 Å². The Balaban J connectivity index is 2.95. The van der Waals surface area contributed by atoms with E-state index < -0.39 is 16.0 Å². The van der Waals surface area contributed by atoms with Crippen LogP contribution in [0.25, 0.3) is 0 Å². The summed E-state index contributed by atoms with van der Waals surface area (Å²) >= 11 is 0.898. The van der Waals surface area contributed by atoms with Gasteiger partial charge in [0, 0.05) is 5.92 Å². The highest BCUT2D eigenvalue weighted by atomic mass is 32.2. The summed E-state index contributed by atoms with van der Waals surface area (Å²) < 4.78 is 26.1. The van der Waals surface area contributed by atoms with Crippen molar-refractivity contribution in [2.45, 2.75) is 4.21 Å². The quantitative estimate of drug-likeness (QED) is 0.554. The summed E-state index contributed by atoms with van der Waals surface area (Å²) in [4.78, 5) is 11.1. The number of primary sulfonamides is 1. The van der Waals surface area contributed by atoms with Gasteiger partial charge in [0.1, 0.15) is 4.21 Å². The molecule has 0 radical (unpaired) electrons. The molecule has 0 spiro atoms. The molecule has 0 aliphatic heterocycles. The van der Waals surface area contributed by atoms with Crippen LogP contribution in [0.4, 0.5) is 0 Å². The van der Waals surface area contributed by atoms with Crippen LogP contribution in [0.1, 0.15) is 4.88 Å². The lowest BCUT2D eigenvalue weighted by molar-refractivity contribution is -0.133. The molecule has 2 N–H and O–H groups in total. The summed E-state index contributed by atoms with van der Waals surface area (Å²) in [6.07, 6.45) is 0. The molecule has 0 aliphatic carbocycles. The first kappa shape index (κ1) is 11.7. The van der Waals surface area contributed by atoms with Crippen molar-refractivity contribution in [1.29, 1.82) is 0 Å². The van der Waals surface area contributed by atoms with E-state index in [-0.39, 0.29) is 4.21 Å². The number of hydrogen-bond acceptors (Lipinski definition) is 5. The van der Waals surface area contributed by atoms with E-state index in [2.05, 4.69) is 16.6 Å². The number of hydrogen-bond donors (Lipinski definition) is 1. The number of methoxy groups -OCH3 is 1. The summed E-state index contributed by atoms with van der Waals surface area (Å²) in [6.45, 7) is 0. The van der Waals surface area contributed by atoms with Crippen LogP contribution in [0.15, 0.2) is 16.3 Å². The van der Waals surface area contributed by atoms with E-state index in [1.54, 1.807) is 0 Å². The Morgan fingerprint density at radius 2 is 2.20 bits per heavy atom. The van der Waals surface area contributed by atoms with E-state index in [9.17, 15) is 13.2 Å². The van der Waals surface area contributed by atoms with Crippen LogP contribution in [0.5, 0.6) is 0 Å². The molecule has 1 aromatic rings. The predicted molar refractivity (Wildman–Crippen MR) is 54.6 cm³/mol. The molecule has 0 fully saturated rings. The molecule has 0 atom stereocenters. The average molecular weight is 245 g/mol. The van der Waals surface area contributed by atoms with E-state index in [1.807, 2.05) is 0 Å². The molecule has 0 unspecified atom stereocenters. The van der Waals surface area contributed by atoms with Gasteiger partial charge >= 0.3 is 5.97 Å². The highest BCUT2D eigenvalue weighted by molar-refractivity contribution is 7.91. The van der Waals surface area contributed by atoms with Gasteiger partial charge in [0.25, 0.3) is 0 Å². The van der Waals surface area contributed by atoms with Crippen molar-refractivity contribution in [3.8, 4) is 11.8 Å². The molecule has 0 saturated carbocycles. The number of nitrogens with two attached hydrogens (primary N) is 1. The fourth-order valence-electron chi connectivity index (χ4n) is 0.704. The van der Waals surface area contributed by atoms with Crippen molar-refractivity contribution < 1.29 is 17.9 Å². The molecule has 0 aliphatic rings. The lowest BCUT2D eigenvalue weighted by Gasteiger charge is -1.87. The molecule has 5 nitrogen and oxygen atoms in total. The number of rotatable bonds is 1. The molecular weight excluding hydrogens is 238 g/mol. The van der Waals surface area contributed by atoms with Crippen LogP contribution >= 0.6 is 11.3 Å². The van der Waals surface area contributed by atoms with Gasteiger partial charge in [0.05, 0.1) is 12.0 Å². The molecule has 80 valence electrons. The van der Waals surface area contributed by atoms with E-state index in [0.29, 0.717) is 4.88 Å². The first-order valence-corrected chi connectivity index (χ1v) is 6.02. The number of esters is 1. The number of carbonyl (C=O) groups is 1. The zero-order valence-corrected chi connectivity index (χ0v) is 9.31. The largest absolute Gasteiger partial charge is 0.459 e. The third-order valence-corrected chi connectivity index (χ3v) is 3.77. The van der Waals surface area contributed by atoms with Crippen LogP contribution in [-0.2, 0) is 19.6 Å². The van der Waals surface area contributed by atoms with E-state index in [4.69, 9.17) is 5.14 Å². The number of carbonyl (C=O) groups excluding carboxylic acids is 1. The van der Waals surface area contributed by atoms with Crippen LogP contribution in [-0.4, -0.2) is 21.5 Å². The van der Waals surface area contributed by atoms with E-state index in [0.717, 1.165) is 11.3 Å². The minimum absolute atomic E-state index is 0.0108. The molecule has 1 aromatic heterocycles. The van der Waals surface area contributed by atoms with Gasteiger partial charge < -0.3 is 4.74 Å². The third-order valence-electron chi connectivity index (χ3n) is 1.33. The van der Waals surface area contributed by atoms with Gasteiger partial charge in [-0.05, 0) is 18.1 Å². The zero-order valence-electron chi connectivity index (χ0n) is 7.68. The summed E-state index contributed by atoms with van der Waals surface area (Å²) in [5.74, 6) is 3.96. The molecule has 0 bridgehead atoms. The molecule has 0 aromatic carbocycles. The number of thiophene rings is 1. The van der Waals surface area contributed by atoms with Gasteiger partial charge in [-0.15, -0.1) is 11.3 Å². The summed E-state index contributed by atoms with van der Waals surface area (Å²) in [6, 6.07) is 2.81. The normalized spacial score (nSPS) is 10.3. The third kappa shape index (κ3) is 3.36. The Bertz CT molecular complexity index is 532. The van der Waals surface area contributed by atoms with Crippen LogP contribution < -0.4 is 5.14 Å². The fourth-order valence-corrected chi connectivity index (χ4v) is 2.29. The Kier molecular flexibility index (Phi) is 3.47. The first-order valence-electron chi connectivity index (χ1n) is 3.66. The second kappa shape index (κ2) is 4.44. The van der Waals surface area contributed by atoms with E-state index in [1.165, 1.54) is 19.2 Å². The van der Waals surface area contributed by atoms with E-state index >= 15 is 0 Å². The summed E-state index contributed by atoms with van der Waals surface area (Å²) in [7, 11) is -2.48. The molecule has 1 heterocycles. The molecule has 0 amide bonds. The Labute approximate surface area is 90.9 Å². The van der Waals surface area contributed by atoms with Gasteiger partial charge in [-0.1, -0.05) is 0 Å². The smallest absolute Gasteiger partial charge is 0.384 e. The lowest BCUT2D eigenvalue weighted by Crippen LogP contribution is -2.09. The second-order valence-electron chi connectivity index (χ2n) is 2.41. The Morgan fingerprint density at radius 1 is 1.53 bits per heavy atom. The average Bonchev–Trinajstić information content (AvgIpc) is 2.61. The van der Waals surface area contributed by atoms with Gasteiger partial charge in [0.2, 0.25) is 10.0 Å². The second-order valence-corrected chi connectivity index (χ2v) is 5.28. The highest BCUT2D eigenvalue weighted by Gasteiger charge is 2.09. The standard InChI is InChI=1S/C8H7NO4S2/c1-13-7(10)4-2-6-3-5-8(14-6)15(9,11)12/h3,5H,1H3,(H2,9,11,12). The monoisotopic (exact) mass is 245 g/mol. The molecular formula is C8H7NO4S2. The van der Waals surface area contributed by atoms with Crippen molar-refractivity contribution in [3.63, 3.8) is 0 Å². The van der Waals surface area contributed by atoms with Crippen molar-refractivity contribution >= 4 is 27.3 Å². The minimum atomic E-state index is -3.69. The lowest BCUT2D eigenvalue weighted by atomic mass is 10.4. The van der Waals surface area contributed by atoms with Gasteiger partial charge in [-0.25, -0.2) is 18.4 Å². The van der Waals surface area contributed by atoms with Crippen molar-refractivity contribution in [3.05, 3.63) is 17.0 Å². The van der Waals surface area contributed by atoms with Crippen LogP contribution in [0.3, 0.4) is 0 Å². The SMILES string of the molecule is COC(=O)C#Cc1ccc(S(N)(=O)=O)s1. The van der Waals surface area contributed by atoms with Crippen molar-refractivity contribution in [2.75, 3.05) is 7.11 Å². The highest BCUT2D eigenvalue weighted by Crippen LogP contribution is 2.18. The molecule has 0 saturated heterocycles. The Morgan fingerprint density at radius 3 is 2.67 bits per heavy atom. The predicted octanol–water partition coefficient (Wildman–Crippen LogP) is -0.0800. The summed E-state index contributed by atoms with van der Waals surface area (Å²) in [5.41, 5.74) is 0. The zero-order chi connectivity index (χ0) is 11.5. The maximum atomic E-state index is 10.9. The van der Waals surface area contributed by atoms with Gasteiger partial charge in [0.15, 0.2) is 0 Å². The molecule has 7 heteroatoms. The topological polar surface area (TPSA) is 86.5 Å². The van der Waals surface area contributed by atoms with Crippen LogP contribution in [0.2, 0.25) is 0 Å². The maximum Gasteiger partial charge on any atom is 0.384 e. The van der Waals surface area contributed by atoms with Crippen molar-refractivity contribution in [2.24, 2.45) is 5.14 Å². The minimum Gasteiger partial charge on any atom is -0.459 e. The fraction of sp³-hybridized carbons (Fsp3) is 0.125. The maximum absolute atomic E-state index is 10.9. The molecule has 15 heavy (non-hydrogen) atoms. The van der Waals surface area contributed by atoms with Crippen molar-refractivity contribution in [1.82, 2.24) is 0 Å². The number of ether oxygens (including phenoxy) is 1. The van der Waals surface area contributed by atoms with Gasteiger partial charge in [-0.2, -0.15) is 0 Å². The number of sulfonamides is 1. The first-order chi connectivity index (χ1) is 6.93. The Hall–Kier alpha value is -1.36. The summed E-state index contributed by atoms with van der Waals surface area (Å²) in [5, 5.41) is 4.90. The molecule has 1 rings (SSSR count).